The summed E-state index contributed by atoms with van der Waals surface area (Å²) in [6.07, 6.45) is -0.581. The van der Waals surface area contributed by atoms with Gasteiger partial charge in [-0.05, 0) is 34.6 Å². The van der Waals surface area contributed by atoms with Crippen molar-refractivity contribution in [3.8, 4) is 0 Å². The third-order valence-electron chi connectivity index (χ3n) is 2.10. The predicted octanol–water partition coefficient (Wildman–Crippen LogP) is 2.20. The molecule has 0 fully saturated rings. The fourth-order valence-corrected chi connectivity index (χ4v) is 2.93. The molecule has 17 heavy (non-hydrogen) atoms. The number of hydrogen-bond acceptors (Lipinski definition) is 4. The molecule has 0 unspecified atom stereocenters. The maximum Gasteiger partial charge on any atom is 0.410 e. The van der Waals surface area contributed by atoms with E-state index in [1.807, 2.05) is 0 Å². The second-order valence-corrected chi connectivity index (χ2v) is 8.31. The number of nitrogens with zero attached hydrogens (tertiary/aromatic N) is 1. The Morgan fingerprint density at radius 3 is 1.94 bits per heavy atom. The van der Waals surface area contributed by atoms with Gasteiger partial charge in [0.1, 0.15) is 5.60 Å². The quantitative estimate of drug-likeness (QED) is 0.746. The Labute approximate surface area is 107 Å². The predicted molar refractivity (Wildman–Crippen MR) is 67.7 cm³/mol. The van der Waals surface area contributed by atoms with E-state index in [0.29, 0.717) is 0 Å². The van der Waals surface area contributed by atoms with Crippen LogP contribution in [0.5, 0.6) is 0 Å². The molecule has 1 amide bonds. The molecule has 0 radical (unpaired) electrons. The minimum Gasteiger partial charge on any atom is -0.444 e. The van der Waals surface area contributed by atoms with E-state index < -0.39 is 26.3 Å². The van der Waals surface area contributed by atoms with Crippen LogP contribution < -0.4 is 0 Å². The summed E-state index contributed by atoms with van der Waals surface area (Å²) in [6, 6.07) is 0. The lowest BCUT2D eigenvalue weighted by Gasteiger charge is -2.35. The van der Waals surface area contributed by atoms with Gasteiger partial charge in [0.05, 0.1) is 11.3 Å². The summed E-state index contributed by atoms with van der Waals surface area (Å²) in [5.74, 6) is -0.336. The molecule has 0 spiro atoms. The number of halogens is 1. The van der Waals surface area contributed by atoms with Crippen LogP contribution in [-0.2, 0) is 13.8 Å². The molecule has 0 saturated heterocycles. The Kier molecular flexibility index (Phi) is 4.87. The van der Waals surface area contributed by atoms with E-state index >= 15 is 0 Å². The Hall–Kier alpha value is -0.490. The molecule has 0 N–H and O–H groups in total. The van der Waals surface area contributed by atoms with Gasteiger partial charge in [-0.3, -0.25) is 0 Å². The largest absolute Gasteiger partial charge is 0.444 e. The molecule has 102 valence electrons. The lowest BCUT2D eigenvalue weighted by Crippen LogP contribution is -2.50. The van der Waals surface area contributed by atoms with Crippen LogP contribution in [-0.4, -0.2) is 43.4 Å². The first-order valence-corrected chi connectivity index (χ1v) is 7.62. The summed E-state index contributed by atoms with van der Waals surface area (Å²) in [5.41, 5.74) is -1.55. The lowest BCUT2D eigenvalue weighted by atomic mass is 10.1. The Balaban J connectivity index is 4.80. The van der Waals surface area contributed by atoms with Gasteiger partial charge in [-0.2, -0.15) is 0 Å². The zero-order chi connectivity index (χ0) is 14.1. The van der Waals surface area contributed by atoms with Gasteiger partial charge >= 0.3 is 6.09 Å². The second kappa shape index (κ2) is 5.02. The monoisotopic (exact) mass is 285 g/mol. The van der Waals surface area contributed by atoms with E-state index in [1.165, 1.54) is 11.9 Å². The van der Waals surface area contributed by atoms with Crippen molar-refractivity contribution >= 4 is 25.8 Å². The fourth-order valence-electron chi connectivity index (χ4n) is 1.10. The van der Waals surface area contributed by atoms with E-state index in [0.717, 1.165) is 0 Å². The number of carbonyl (C=O) groups excluding carboxylic acids is 1. The van der Waals surface area contributed by atoms with E-state index in [2.05, 4.69) is 0 Å². The highest BCUT2D eigenvalue weighted by atomic mass is 35.7. The zero-order valence-electron chi connectivity index (χ0n) is 11.1. The van der Waals surface area contributed by atoms with E-state index in [4.69, 9.17) is 15.4 Å². The average Bonchev–Trinajstić information content (AvgIpc) is 1.94. The smallest absolute Gasteiger partial charge is 0.410 e. The molecular formula is C10H20ClNO4S. The summed E-state index contributed by atoms with van der Waals surface area (Å²) in [6.45, 7) is 8.44. The Morgan fingerprint density at radius 2 is 1.65 bits per heavy atom. The first-order chi connectivity index (χ1) is 7.25. The molecule has 0 aliphatic rings. The molecule has 0 aromatic carbocycles. The lowest BCUT2D eigenvalue weighted by molar-refractivity contribution is 0.0145. The topological polar surface area (TPSA) is 63.7 Å². The fraction of sp³-hybridized carbons (Fsp3) is 0.900. The van der Waals surface area contributed by atoms with Gasteiger partial charge in [0.2, 0.25) is 9.05 Å². The Morgan fingerprint density at radius 1 is 1.24 bits per heavy atom. The maximum atomic E-state index is 11.8. The molecule has 0 aliphatic carbocycles. The maximum absolute atomic E-state index is 11.8. The Bertz CT molecular complexity index is 384. The van der Waals surface area contributed by atoms with Crippen LogP contribution in [0.3, 0.4) is 0 Å². The van der Waals surface area contributed by atoms with Gasteiger partial charge in [-0.1, -0.05) is 0 Å². The van der Waals surface area contributed by atoms with Crippen molar-refractivity contribution in [1.82, 2.24) is 4.90 Å². The number of hydrogen-bond donors (Lipinski definition) is 0. The van der Waals surface area contributed by atoms with Crippen LogP contribution in [0.4, 0.5) is 4.79 Å². The highest BCUT2D eigenvalue weighted by Crippen LogP contribution is 2.20. The highest BCUT2D eigenvalue weighted by Gasteiger charge is 2.34. The SMILES string of the molecule is CN(C(=O)OC(C)(C)C)C(C)(C)CS(=O)(=O)Cl. The first-order valence-electron chi connectivity index (χ1n) is 5.14. The van der Waals surface area contributed by atoms with Crippen LogP contribution in [0.2, 0.25) is 0 Å². The van der Waals surface area contributed by atoms with Crippen LogP contribution in [0.25, 0.3) is 0 Å². The van der Waals surface area contributed by atoms with Gasteiger partial charge in [0.25, 0.3) is 0 Å². The minimum atomic E-state index is -3.68. The molecule has 0 aromatic rings. The zero-order valence-corrected chi connectivity index (χ0v) is 12.6. The number of amides is 1. The average molecular weight is 286 g/mol. The van der Waals surface area contributed by atoms with E-state index in [-0.39, 0.29) is 5.75 Å². The van der Waals surface area contributed by atoms with Gasteiger partial charge in [-0.25, -0.2) is 13.2 Å². The van der Waals surface area contributed by atoms with Crippen LogP contribution in [0.15, 0.2) is 0 Å². The van der Waals surface area contributed by atoms with Gasteiger partial charge < -0.3 is 9.64 Å². The van der Waals surface area contributed by atoms with Crippen molar-refractivity contribution in [3.63, 3.8) is 0 Å². The van der Waals surface area contributed by atoms with Crippen molar-refractivity contribution in [1.29, 1.82) is 0 Å². The summed E-state index contributed by atoms with van der Waals surface area (Å²) >= 11 is 0. The summed E-state index contributed by atoms with van der Waals surface area (Å²) < 4.78 is 27.2. The van der Waals surface area contributed by atoms with Crippen LogP contribution in [0.1, 0.15) is 34.6 Å². The highest BCUT2D eigenvalue weighted by molar-refractivity contribution is 8.13. The molecule has 0 bridgehead atoms. The molecule has 0 atom stereocenters. The number of rotatable bonds is 3. The van der Waals surface area contributed by atoms with Crippen LogP contribution in [0, 0.1) is 0 Å². The van der Waals surface area contributed by atoms with Crippen molar-refractivity contribution in [2.24, 2.45) is 0 Å². The molecule has 7 heteroatoms. The van der Waals surface area contributed by atoms with Crippen molar-refractivity contribution < 1.29 is 17.9 Å². The molecule has 0 aromatic heterocycles. The second-order valence-electron chi connectivity index (χ2n) is 5.53. The standard InChI is InChI=1S/C10H20ClNO4S/c1-9(2,3)16-8(13)12(6)10(4,5)7-17(11,14)15/h7H2,1-6H3. The van der Waals surface area contributed by atoms with Crippen LogP contribution >= 0.6 is 10.7 Å². The molecule has 5 nitrogen and oxygen atoms in total. The van der Waals surface area contributed by atoms with Crippen molar-refractivity contribution in [2.45, 2.75) is 45.8 Å². The minimum absolute atomic E-state index is 0.336. The first kappa shape index (κ1) is 16.5. The van der Waals surface area contributed by atoms with Gasteiger partial charge in [0.15, 0.2) is 0 Å². The summed E-state index contributed by atoms with van der Waals surface area (Å²) in [4.78, 5) is 13.0. The normalized spacial score (nSPS) is 13.4. The number of carbonyl (C=O) groups is 1. The van der Waals surface area contributed by atoms with Gasteiger partial charge in [0, 0.05) is 17.7 Å². The van der Waals surface area contributed by atoms with Crippen molar-refractivity contribution in [2.75, 3.05) is 12.8 Å². The van der Waals surface area contributed by atoms with E-state index in [9.17, 15) is 13.2 Å². The molecule has 0 rings (SSSR count). The third kappa shape index (κ3) is 6.73. The molecule has 0 saturated carbocycles. The molecule has 0 heterocycles. The number of ether oxygens (including phenoxy) is 1. The van der Waals surface area contributed by atoms with Gasteiger partial charge in [-0.15, -0.1) is 0 Å². The summed E-state index contributed by atoms with van der Waals surface area (Å²) in [5, 5.41) is 0. The molecular weight excluding hydrogens is 266 g/mol. The van der Waals surface area contributed by atoms with E-state index in [1.54, 1.807) is 34.6 Å². The third-order valence-corrected chi connectivity index (χ3v) is 3.48. The van der Waals surface area contributed by atoms with Crippen molar-refractivity contribution in [3.05, 3.63) is 0 Å². The molecule has 0 aliphatic heterocycles. The summed E-state index contributed by atoms with van der Waals surface area (Å²) in [7, 11) is 2.99.